The van der Waals surface area contributed by atoms with Gasteiger partial charge in [0.25, 0.3) is 0 Å². The molecule has 1 heterocycles. The van der Waals surface area contributed by atoms with Crippen molar-refractivity contribution in [2.75, 3.05) is 11.9 Å². The van der Waals surface area contributed by atoms with E-state index >= 15 is 0 Å². The van der Waals surface area contributed by atoms with Crippen LogP contribution in [0.5, 0.6) is 5.75 Å². The molecule has 0 saturated carbocycles. The monoisotopic (exact) mass is 273 g/mol. The van der Waals surface area contributed by atoms with Gasteiger partial charge >= 0.3 is 0 Å². The van der Waals surface area contributed by atoms with E-state index in [1.165, 1.54) is 0 Å². The Balaban J connectivity index is 2.53. The second kappa shape index (κ2) is 5.24. The number of nitrogens with two attached hydrogens (primary N) is 1. The molecule has 1 aromatic heterocycles. The highest BCUT2D eigenvalue weighted by Crippen LogP contribution is 2.28. The van der Waals surface area contributed by atoms with Gasteiger partial charge in [-0.2, -0.15) is 0 Å². The average molecular weight is 273 g/mol. The number of anilines is 2. The van der Waals surface area contributed by atoms with E-state index in [1.54, 1.807) is 24.4 Å². The predicted octanol–water partition coefficient (Wildman–Crippen LogP) is 2.50. The van der Waals surface area contributed by atoms with Crippen LogP contribution in [0.4, 0.5) is 11.5 Å². The molecule has 0 saturated heterocycles. The third-order valence-electron chi connectivity index (χ3n) is 2.92. The fourth-order valence-corrected chi connectivity index (χ4v) is 2.18. The smallest absolute Gasteiger partial charge is 0.143 e. The van der Waals surface area contributed by atoms with Crippen molar-refractivity contribution >= 4 is 28.7 Å². The van der Waals surface area contributed by atoms with E-state index in [9.17, 15) is 5.11 Å². The number of thiocarbonyl (C=S) groups is 1. The number of nitrogens with zero attached hydrogens (tertiary/aromatic N) is 2. The maximum atomic E-state index is 9.54. The molecule has 2 rings (SSSR count). The summed E-state index contributed by atoms with van der Waals surface area (Å²) in [6, 6.07) is 8.81. The molecule has 1 aromatic carbocycles. The fourth-order valence-electron chi connectivity index (χ4n) is 1.93. The van der Waals surface area contributed by atoms with E-state index in [4.69, 9.17) is 18.0 Å². The Labute approximate surface area is 117 Å². The summed E-state index contributed by atoms with van der Waals surface area (Å²) in [7, 11) is 1.86. The lowest BCUT2D eigenvalue weighted by molar-refractivity contribution is 0.475. The van der Waals surface area contributed by atoms with Crippen LogP contribution in [0.1, 0.15) is 11.1 Å². The van der Waals surface area contributed by atoms with Crippen molar-refractivity contribution in [1.29, 1.82) is 0 Å². The van der Waals surface area contributed by atoms with E-state index in [0.717, 1.165) is 16.8 Å². The Kier molecular flexibility index (Phi) is 3.66. The zero-order valence-corrected chi connectivity index (χ0v) is 11.6. The van der Waals surface area contributed by atoms with Gasteiger partial charge in [-0.3, -0.25) is 0 Å². The molecule has 0 fully saturated rings. The number of aryl methyl sites for hydroxylation is 1. The predicted molar refractivity (Wildman–Crippen MR) is 81.0 cm³/mol. The quantitative estimate of drug-likeness (QED) is 0.841. The maximum Gasteiger partial charge on any atom is 0.143 e. The van der Waals surface area contributed by atoms with Crippen LogP contribution in [0.3, 0.4) is 0 Å². The van der Waals surface area contributed by atoms with Gasteiger partial charge in [0.1, 0.15) is 16.6 Å². The van der Waals surface area contributed by atoms with E-state index < -0.39 is 0 Å². The van der Waals surface area contributed by atoms with Crippen molar-refractivity contribution in [3.05, 3.63) is 47.7 Å². The van der Waals surface area contributed by atoms with Crippen molar-refractivity contribution in [1.82, 2.24) is 4.98 Å². The average Bonchev–Trinajstić information content (AvgIpc) is 2.37. The lowest BCUT2D eigenvalue weighted by Gasteiger charge is -2.22. The first-order valence-corrected chi connectivity index (χ1v) is 6.19. The van der Waals surface area contributed by atoms with Gasteiger partial charge in [-0.05, 0) is 30.7 Å². The molecule has 0 aliphatic rings. The number of hydrogen-bond donors (Lipinski definition) is 2. The molecule has 98 valence electrons. The van der Waals surface area contributed by atoms with Crippen LogP contribution in [0.15, 0.2) is 36.5 Å². The van der Waals surface area contributed by atoms with Crippen molar-refractivity contribution in [3.8, 4) is 5.75 Å². The number of hydrogen-bond acceptors (Lipinski definition) is 4. The Morgan fingerprint density at radius 1 is 1.37 bits per heavy atom. The Bertz CT molecular complexity index is 628. The summed E-state index contributed by atoms with van der Waals surface area (Å²) in [5.41, 5.74) is 8.32. The van der Waals surface area contributed by atoms with Gasteiger partial charge in [-0.25, -0.2) is 4.98 Å². The van der Waals surface area contributed by atoms with Crippen molar-refractivity contribution < 1.29 is 5.11 Å². The van der Waals surface area contributed by atoms with Gasteiger partial charge < -0.3 is 15.7 Å². The minimum atomic E-state index is 0.203. The van der Waals surface area contributed by atoms with Crippen LogP contribution >= 0.6 is 12.2 Å². The van der Waals surface area contributed by atoms with Crippen molar-refractivity contribution in [2.24, 2.45) is 5.73 Å². The number of phenolic OH excluding ortho intramolecular Hbond substituents is 1. The summed E-state index contributed by atoms with van der Waals surface area (Å²) in [5.74, 6) is 0.881. The second-order valence-electron chi connectivity index (χ2n) is 4.27. The van der Waals surface area contributed by atoms with Crippen LogP contribution in [0.25, 0.3) is 0 Å². The highest BCUT2D eigenvalue weighted by atomic mass is 32.1. The molecule has 3 N–H and O–H groups in total. The Hall–Kier alpha value is -2.14. The van der Waals surface area contributed by atoms with Gasteiger partial charge in [0, 0.05) is 25.0 Å². The molecular formula is C14H15N3OS. The molecule has 0 unspecified atom stereocenters. The van der Waals surface area contributed by atoms with E-state index in [2.05, 4.69) is 4.98 Å². The number of phenols is 1. The highest BCUT2D eigenvalue weighted by Gasteiger charge is 2.15. The molecule has 19 heavy (non-hydrogen) atoms. The first-order chi connectivity index (χ1) is 9.00. The van der Waals surface area contributed by atoms with Crippen molar-refractivity contribution in [2.45, 2.75) is 6.92 Å². The number of aromatic nitrogens is 1. The minimum Gasteiger partial charge on any atom is -0.508 e. The van der Waals surface area contributed by atoms with Crippen LogP contribution in [-0.4, -0.2) is 22.1 Å². The van der Waals surface area contributed by atoms with Gasteiger partial charge in [0.2, 0.25) is 0 Å². The molecule has 5 heteroatoms. The largest absolute Gasteiger partial charge is 0.508 e. The molecule has 0 radical (unpaired) electrons. The van der Waals surface area contributed by atoms with Crippen molar-refractivity contribution in [3.63, 3.8) is 0 Å². The molecule has 0 bridgehead atoms. The molecule has 0 aliphatic heterocycles. The van der Waals surface area contributed by atoms with Gasteiger partial charge in [-0.1, -0.05) is 18.3 Å². The summed E-state index contributed by atoms with van der Waals surface area (Å²) in [6.07, 6.45) is 1.71. The standard InChI is InChI=1S/C14H15N3OS/c1-9-6-7-16-14(12(9)13(15)19)17(2)10-4-3-5-11(18)8-10/h3-8,18H,1-2H3,(H2,15,19). The van der Waals surface area contributed by atoms with Gasteiger partial charge in [-0.15, -0.1) is 0 Å². The van der Waals surface area contributed by atoms with E-state index in [0.29, 0.717) is 10.8 Å². The second-order valence-corrected chi connectivity index (χ2v) is 4.71. The van der Waals surface area contributed by atoms with Crippen LogP contribution in [0, 0.1) is 6.92 Å². The fraction of sp³-hybridized carbons (Fsp3) is 0.143. The van der Waals surface area contributed by atoms with Gasteiger partial charge in [0.05, 0.1) is 5.56 Å². The summed E-state index contributed by atoms with van der Waals surface area (Å²) in [4.78, 5) is 6.50. The Morgan fingerprint density at radius 2 is 2.11 bits per heavy atom. The first-order valence-electron chi connectivity index (χ1n) is 5.79. The molecule has 0 atom stereocenters. The van der Waals surface area contributed by atoms with E-state index in [1.807, 2.05) is 31.0 Å². The molecule has 0 aliphatic carbocycles. The first kappa shape index (κ1) is 13.3. The zero-order valence-electron chi connectivity index (χ0n) is 10.8. The minimum absolute atomic E-state index is 0.203. The zero-order chi connectivity index (χ0) is 14.0. The topological polar surface area (TPSA) is 62.4 Å². The summed E-state index contributed by atoms with van der Waals surface area (Å²) in [6.45, 7) is 1.94. The SMILES string of the molecule is Cc1ccnc(N(C)c2cccc(O)c2)c1C(N)=S. The third-order valence-corrected chi connectivity index (χ3v) is 3.12. The molecule has 2 aromatic rings. The summed E-state index contributed by atoms with van der Waals surface area (Å²) in [5, 5.41) is 9.54. The van der Waals surface area contributed by atoms with Gasteiger partial charge in [0.15, 0.2) is 0 Å². The normalized spacial score (nSPS) is 10.2. The molecular weight excluding hydrogens is 258 g/mol. The van der Waals surface area contributed by atoms with Crippen LogP contribution in [-0.2, 0) is 0 Å². The third kappa shape index (κ3) is 2.66. The number of rotatable bonds is 3. The lowest BCUT2D eigenvalue weighted by Crippen LogP contribution is -2.20. The number of benzene rings is 1. The van der Waals surface area contributed by atoms with Crippen LogP contribution < -0.4 is 10.6 Å². The molecule has 4 nitrogen and oxygen atoms in total. The number of aromatic hydroxyl groups is 1. The summed E-state index contributed by atoms with van der Waals surface area (Å²) >= 11 is 5.09. The Morgan fingerprint density at radius 3 is 2.74 bits per heavy atom. The summed E-state index contributed by atoms with van der Waals surface area (Å²) < 4.78 is 0. The number of pyridine rings is 1. The van der Waals surface area contributed by atoms with E-state index in [-0.39, 0.29) is 5.75 Å². The highest BCUT2D eigenvalue weighted by molar-refractivity contribution is 7.80. The lowest BCUT2D eigenvalue weighted by atomic mass is 10.1. The molecule has 0 amide bonds. The van der Waals surface area contributed by atoms with Crippen LogP contribution in [0.2, 0.25) is 0 Å². The maximum absolute atomic E-state index is 9.54. The molecule has 0 spiro atoms.